The molecule has 5 nitrogen and oxygen atoms in total. The Morgan fingerprint density at radius 3 is 2.14 bits per heavy atom. The number of rotatable bonds is 7. The Morgan fingerprint density at radius 2 is 1.67 bits per heavy atom. The van der Waals surface area contributed by atoms with E-state index in [0.717, 1.165) is 25.7 Å². The summed E-state index contributed by atoms with van der Waals surface area (Å²) in [6.07, 6.45) is 6.11. The van der Waals surface area contributed by atoms with Gasteiger partial charge in [0.2, 0.25) is 6.79 Å². The topological polar surface area (TPSA) is 84.1 Å². The Kier molecular flexibility index (Phi) is 15.0. The van der Waals surface area contributed by atoms with Gasteiger partial charge in [0.1, 0.15) is 0 Å². The third kappa shape index (κ3) is 12.4. The van der Waals surface area contributed by atoms with E-state index in [-0.39, 0.29) is 30.6 Å². The lowest BCUT2D eigenvalue weighted by Gasteiger charge is -2.16. The van der Waals surface area contributed by atoms with Crippen molar-refractivity contribution < 1.29 is 24.5 Å². The van der Waals surface area contributed by atoms with E-state index in [4.69, 9.17) is 9.47 Å². The number of hydrogen-bond donors (Lipinski definition) is 0. The predicted octanol–water partition coefficient (Wildman–Crippen LogP) is 3.20. The lowest BCUT2D eigenvalue weighted by molar-refractivity contribution is -0.171. The number of carbonyl (C=O) groups excluding carboxylic acids is 2. The van der Waals surface area contributed by atoms with Gasteiger partial charge in [-0.15, -0.1) is 12.4 Å². The first-order valence-electron chi connectivity index (χ1n) is 6.80. The van der Waals surface area contributed by atoms with Gasteiger partial charge in [-0.2, -0.15) is 0 Å². The van der Waals surface area contributed by atoms with Crippen molar-refractivity contribution in [3.8, 4) is 0 Å². The van der Waals surface area contributed by atoms with Gasteiger partial charge in [-0.1, -0.05) is 25.8 Å². The monoisotopic (exact) mass is 324 g/mol. The molecular weight excluding hydrogens is 296 g/mol. The molecule has 0 aromatic rings. The second-order valence-corrected chi connectivity index (χ2v) is 5.61. The van der Waals surface area contributed by atoms with Crippen LogP contribution in [-0.2, 0) is 19.1 Å². The minimum atomic E-state index is -0.586. The SMILES string of the molecule is CCCCCC=C(C)C(=O)OCOC(=O)C(C)(C)C.Cl.O. The number of hydrogen-bond acceptors (Lipinski definition) is 4. The number of carbonyl (C=O) groups is 2. The van der Waals surface area contributed by atoms with Crippen molar-refractivity contribution in [1.29, 1.82) is 0 Å². The molecule has 0 bridgehead atoms. The van der Waals surface area contributed by atoms with Crippen molar-refractivity contribution in [3.05, 3.63) is 11.6 Å². The summed E-state index contributed by atoms with van der Waals surface area (Å²) in [6, 6.07) is 0. The van der Waals surface area contributed by atoms with Crippen molar-refractivity contribution >= 4 is 24.3 Å². The molecule has 0 fully saturated rings. The zero-order valence-electron chi connectivity index (χ0n) is 13.7. The number of unbranched alkanes of at least 4 members (excludes halogenated alkanes) is 3. The third-order valence-corrected chi connectivity index (χ3v) is 2.57. The van der Waals surface area contributed by atoms with Crippen LogP contribution in [0.3, 0.4) is 0 Å². The van der Waals surface area contributed by atoms with Crippen molar-refractivity contribution in [2.75, 3.05) is 6.79 Å². The largest absolute Gasteiger partial charge is 0.427 e. The maximum absolute atomic E-state index is 11.6. The summed E-state index contributed by atoms with van der Waals surface area (Å²) in [4.78, 5) is 23.0. The fourth-order valence-corrected chi connectivity index (χ4v) is 1.26. The molecule has 6 heteroatoms. The van der Waals surface area contributed by atoms with E-state index in [1.54, 1.807) is 27.7 Å². The molecule has 0 rings (SSSR count). The first-order valence-corrected chi connectivity index (χ1v) is 6.80. The maximum atomic E-state index is 11.6. The molecule has 0 aromatic heterocycles. The van der Waals surface area contributed by atoms with Crippen LogP contribution in [0.4, 0.5) is 0 Å². The fourth-order valence-electron chi connectivity index (χ4n) is 1.26. The Bertz CT molecular complexity index is 331. The first kappa shape index (κ1) is 24.9. The Morgan fingerprint density at radius 1 is 1.10 bits per heavy atom. The molecule has 0 atom stereocenters. The van der Waals surface area contributed by atoms with E-state index in [1.807, 2.05) is 6.08 Å². The van der Waals surface area contributed by atoms with E-state index in [9.17, 15) is 9.59 Å². The Hall–Kier alpha value is -1.07. The normalized spacial score (nSPS) is 11.0. The first-order chi connectivity index (χ1) is 8.79. The van der Waals surface area contributed by atoms with Gasteiger partial charge >= 0.3 is 11.9 Å². The molecule has 0 aromatic carbocycles. The second kappa shape index (κ2) is 12.7. The molecule has 0 spiro atoms. The van der Waals surface area contributed by atoms with Crippen LogP contribution >= 0.6 is 12.4 Å². The molecule has 0 amide bonds. The number of ether oxygens (including phenoxy) is 2. The minimum Gasteiger partial charge on any atom is -0.427 e. The van der Waals surface area contributed by atoms with Crippen LogP contribution in [0.5, 0.6) is 0 Å². The molecular formula is C15H29ClO5. The second-order valence-electron chi connectivity index (χ2n) is 5.61. The molecule has 126 valence electrons. The van der Waals surface area contributed by atoms with Gasteiger partial charge in [0.05, 0.1) is 5.41 Å². The van der Waals surface area contributed by atoms with Gasteiger partial charge in [-0.25, -0.2) is 4.79 Å². The summed E-state index contributed by atoms with van der Waals surface area (Å²) >= 11 is 0. The zero-order chi connectivity index (χ0) is 14.9. The van der Waals surface area contributed by atoms with Gasteiger partial charge in [-0.05, 0) is 40.5 Å². The molecule has 21 heavy (non-hydrogen) atoms. The lowest BCUT2D eigenvalue weighted by Crippen LogP contribution is -2.24. The summed E-state index contributed by atoms with van der Waals surface area (Å²) in [6.45, 7) is 8.76. The molecule has 2 N–H and O–H groups in total. The summed E-state index contributed by atoms with van der Waals surface area (Å²) < 4.78 is 9.74. The van der Waals surface area contributed by atoms with Crippen LogP contribution in [0.25, 0.3) is 0 Å². The molecule has 0 saturated carbocycles. The van der Waals surface area contributed by atoms with Crippen LogP contribution in [0, 0.1) is 5.41 Å². The van der Waals surface area contributed by atoms with Gasteiger partial charge in [-0.3, -0.25) is 4.79 Å². The molecule has 0 heterocycles. The van der Waals surface area contributed by atoms with Gasteiger partial charge in [0.25, 0.3) is 0 Å². The third-order valence-electron chi connectivity index (χ3n) is 2.57. The van der Waals surface area contributed by atoms with Crippen LogP contribution < -0.4 is 0 Å². The van der Waals surface area contributed by atoms with Crippen molar-refractivity contribution in [3.63, 3.8) is 0 Å². The highest BCUT2D eigenvalue weighted by Gasteiger charge is 2.23. The molecule has 0 aliphatic carbocycles. The van der Waals surface area contributed by atoms with Crippen molar-refractivity contribution in [2.24, 2.45) is 5.41 Å². The van der Waals surface area contributed by atoms with E-state index in [1.165, 1.54) is 0 Å². The van der Waals surface area contributed by atoms with Gasteiger partial charge in [0.15, 0.2) is 0 Å². The smallest absolute Gasteiger partial charge is 0.336 e. The van der Waals surface area contributed by atoms with Crippen LogP contribution in [0.1, 0.15) is 60.3 Å². The zero-order valence-corrected chi connectivity index (χ0v) is 14.5. The molecule has 0 unspecified atom stereocenters. The minimum absolute atomic E-state index is 0. The summed E-state index contributed by atoms with van der Waals surface area (Å²) in [5, 5.41) is 0. The summed E-state index contributed by atoms with van der Waals surface area (Å²) in [7, 11) is 0. The molecule has 0 saturated heterocycles. The van der Waals surface area contributed by atoms with Crippen LogP contribution in [0.2, 0.25) is 0 Å². The van der Waals surface area contributed by atoms with Gasteiger partial charge in [0, 0.05) is 5.57 Å². The van der Waals surface area contributed by atoms with Crippen LogP contribution in [-0.4, -0.2) is 24.2 Å². The highest BCUT2D eigenvalue weighted by molar-refractivity contribution is 5.87. The average molecular weight is 325 g/mol. The summed E-state index contributed by atoms with van der Waals surface area (Å²) in [5.74, 6) is -0.817. The lowest BCUT2D eigenvalue weighted by atomic mass is 9.98. The van der Waals surface area contributed by atoms with E-state index >= 15 is 0 Å². The Balaban J connectivity index is -0.00000162. The maximum Gasteiger partial charge on any atom is 0.336 e. The summed E-state index contributed by atoms with van der Waals surface area (Å²) in [5.41, 5.74) is -0.0276. The fraction of sp³-hybridized carbons (Fsp3) is 0.733. The number of halogens is 1. The number of allylic oxidation sites excluding steroid dienone is 1. The predicted molar refractivity (Wildman–Crippen MR) is 85.3 cm³/mol. The van der Waals surface area contributed by atoms with Gasteiger partial charge < -0.3 is 14.9 Å². The molecule has 0 radical (unpaired) electrons. The Labute approximate surface area is 133 Å². The average Bonchev–Trinajstić information content (AvgIpc) is 2.32. The molecule has 0 aliphatic heterocycles. The van der Waals surface area contributed by atoms with E-state index in [2.05, 4.69) is 6.92 Å². The van der Waals surface area contributed by atoms with Crippen molar-refractivity contribution in [2.45, 2.75) is 60.3 Å². The highest BCUT2D eigenvalue weighted by atomic mass is 35.5. The van der Waals surface area contributed by atoms with E-state index in [0.29, 0.717) is 5.57 Å². The standard InChI is InChI=1S/C15H26O4.ClH.H2O/c1-6-7-8-9-10-12(2)13(16)18-11-19-14(17)15(3,4)5;;/h10H,6-9,11H2,1-5H3;1H;1H2. The van der Waals surface area contributed by atoms with Crippen LogP contribution in [0.15, 0.2) is 11.6 Å². The highest BCUT2D eigenvalue weighted by Crippen LogP contribution is 2.15. The van der Waals surface area contributed by atoms with E-state index < -0.39 is 11.4 Å². The quantitative estimate of drug-likeness (QED) is 0.311. The number of esters is 2. The molecule has 0 aliphatic rings. The van der Waals surface area contributed by atoms with Crippen molar-refractivity contribution in [1.82, 2.24) is 0 Å².